The van der Waals surface area contributed by atoms with E-state index in [4.69, 9.17) is 10.5 Å². The van der Waals surface area contributed by atoms with Gasteiger partial charge in [-0.15, -0.1) is 0 Å². The predicted octanol–water partition coefficient (Wildman–Crippen LogP) is -0.0507. The molecule has 0 fully saturated rings. The van der Waals surface area contributed by atoms with Gasteiger partial charge in [0.15, 0.2) is 11.6 Å². The summed E-state index contributed by atoms with van der Waals surface area (Å²) in [6, 6.07) is 3.23. The van der Waals surface area contributed by atoms with E-state index in [2.05, 4.69) is 20.4 Å². The van der Waals surface area contributed by atoms with Crippen LogP contribution in [0.15, 0.2) is 18.3 Å². The van der Waals surface area contributed by atoms with E-state index in [-0.39, 0.29) is 12.3 Å². The van der Waals surface area contributed by atoms with Crippen LogP contribution in [0.3, 0.4) is 0 Å². The lowest BCUT2D eigenvalue weighted by atomic mass is 10.4. The van der Waals surface area contributed by atoms with E-state index in [1.807, 2.05) is 0 Å². The number of amides is 1. The fraction of sp³-hybridized carbons (Fsp3) is 0.273. The van der Waals surface area contributed by atoms with Crippen LogP contribution in [0, 0.1) is 0 Å². The number of carbonyl (C=O) groups is 1. The van der Waals surface area contributed by atoms with Crippen molar-refractivity contribution in [1.29, 1.82) is 0 Å². The second kappa shape index (κ2) is 5.44. The number of anilines is 1. The highest BCUT2D eigenvalue weighted by Gasteiger charge is 2.09. The molecule has 0 aliphatic carbocycles. The predicted molar refractivity (Wildman–Crippen MR) is 67.9 cm³/mol. The number of nitrogens with zero attached hydrogens (tertiary/aromatic N) is 4. The lowest BCUT2D eigenvalue weighted by Gasteiger charge is -2.07. The van der Waals surface area contributed by atoms with Gasteiger partial charge in [0.2, 0.25) is 0 Å². The topological polar surface area (TPSA) is 108 Å². The maximum atomic E-state index is 11.0. The number of nitrogens with two attached hydrogens (primary N) is 1. The average Bonchev–Trinajstić information content (AvgIpc) is 2.88. The Morgan fingerprint density at radius 1 is 1.53 bits per heavy atom. The molecule has 8 nitrogen and oxygen atoms in total. The summed E-state index contributed by atoms with van der Waals surface area (Å²) >= 11 is 0. The van der Waals surface area contributed by atoms with E-state index in [0.29, 0.717) is 17.5 Å². The molecule has 2 heterocycles. The highest BCUT2D eigenvalue weighted by atomic mass is 16.5. The van der Waals surface area contributed by atoms with Gasteiger partial charge in [0.25, 0.3) is 5.91 Å². The van der Waals surface area contributed by atoms with Gasteiger partial charge in [0.05, 0.1) is 0 Å². The maximum absolute atomic E-state index is 11.0. The Hall–Kier alpha value is -2.48. The summed E-state index contributed by atoms with van der Waals surface area (Å²) in [6.45, 7) is 0.284. The molecular formula is C11H14N6O2. The number of primary amides is 1. The molecule has 0 saturated carbocycles. The van der Waals surface area contributed by atoms with Crippen molar-refractivity contribution >= 4 is 11.7 Å². The van der Waals surface area contributed by atoms with Crippen molar-refractivity contribution < 1.29 is 9.53 Å². The van der Waals surface area contributed by atoms with Gasteiger partial charge in [-0.3, -0.25) is 4.79 Å². The van der Waals surface area contributed by atoms with Crippen molar-refractivity contribution in [2.24, 2.45) is 5.73 Å². The number of aromatic nitrogens is 4. The smallest absolute Gasteiger partial charge is 0.269 e. The molecule has 0 aliphatic rings. The lowest BCUT2D eigenvalue weighted by molar-refractivity contribution is 0.0995. The maximum Gasteiger partial charge on any atom is 0.269 e. The summed E-state index contributed by atoms with van der Waals surface area (Å²) in [5, 5.41) is 6.97. The van der Waals surface area contributed by atoms with Crippen LogP contribution in [0.4, 0.5) is 5.82 Å². The Kier molecular flexibility index (Phi) is 3.71. The zero-order chi connectivity index (χ0) is 13.8. The molecule has 2 rings (SSSR count). The number of rotatable bonds is 5. The van der Waals surface area contributed by atoms with Crippen molar-refractivity contribution in [2.45, 2.75) is 6.61 Å². The van der Waals surface area contributed by atoms with Crippen LogP contribution < -0.4 is 11.1 Å². The van der Waals surface area contributed by atoms with Crippen molar-refractivity contribution in [3.63, 3.8) is 0 Å². The third kappa shape index (κ3) is 2.86. The first-order chi connectivity index (χ1) is 9.13. The van der Waals surface area contributed by atoms with E-state index in [1.54, 1.807) is 26.4 Å². The highest BCUT2D eigenvalue weighted by Crippen LogP contribution is 2.11. The van der Waals surface area contributed by atoms with E-state index in [9.17, 15) is 4.79 Å². The van der Waals surface area contributed by atoms with E-state index < -0.39 is 5.91 Å². The van der Waals surface area contributed by atoms with E-state index >= 15 is 0 Å². The van der Waals surface area contributed by atoms with Crippen molar-refractivity contribution in [1.82, 2.24) is 19.7 Å². The first kappa shape index (κ1) is 13.0. The fourth-order valence-electron chi connectivity index (χ4n) is 1.51. The van der Waals surface area contributed by atoms with Crippen LogP contribution in [0.1, 0.15) is 16.3 Å². The second-order valence-electron chi connectivity index (χ2n) is 3.72. The van der Waals surface area contributed by atoms with Gasteiger partial charge < -0.3 is 15.8 Å². The Bertz CT molecular complexity index is 595. The third-order valence-electron chi connectivity index (χ3n) is 2.36. The molecule has 0 radical (unpaired) electrons. The van der Waals surface area contributed by atoms with Gasteiger partial charge in [0.1, 0.15) is 18.1 Å². The number of hydrogen-bond donors (Lipinski definition) is 2. The number of carbonyl (C=O) groups excluding carboxylic acids is 1. The van der Waals surface area contributed by atoms with Crippen LogP contribution in [-0.2, 0) is 11.3 Å². The van der Waals surface area contributed by atoms with E-state index in [0.717, 1.165) is 0 Å². The molecule has 1 amide bonds. The molecule has 2 aromatic rings. The van der Waals surface area contributed by atoms with Crippen LogP contribution in [0.5, 0.6) is 0 Å². The van der Waals surface area contributed by atoms with Gasteiger partial charge in [-0.1, -0.05) is 0 Å². The summed E-state index contributed by atoms with van der Waals surface area (Å²) in [4.78, 5) is 19.5. The summed E-state index contributed by atoms with van der Waals surface area (Å²) < 4.78 is 6.47. The molecule has 19 heavy (non-hydrogen) atoms. The molecular weight excluding hydrogens is 248 g/mol. The SMILES string of the molecule is CNc1cc(-n2ccc(C(N)=O)n2)nc(COC)n1. The zero-order valence-electron chi connectivity index (χ0n) is 10.6. The minimum atomic E-state index is -0.584. The zero-order valence-corrected chi connectivity index (χ0v) is 10.6. The molecule has 0 saturated heterocycles. The standard InChI is InChI=1S/C11H14N6O2/c1-13-8-5-10(15-9(14-8)6-19-2)17-4-3-7(16-17)11(12)18/h3-5H,6H2,1-2H3,(H2,12,18)(H,13,14,15). The Balaban J connectivity index is 2.41. The quantitative estimate of drug-likeness (QED) is 0.782. The van der Waals surface area contributed by atoms with Gasteiger partial charge in [-0.2, -0.15) is 5.10 Å². The van der Waals surface area contributed by atoms with E-state index in [1.165, 1.54) is 10.7 Å². The average molecular weight is 262 g/mol. The molecule has 0 aromatic carbocycles. The lowest BCUT2D eigenvalue weighted by Crippen LogP contribution is -2.13. The van der Waals surface area contributed by atoms with Gasteiger partial charge in [-0.25, -0.2) is 14.6 Å². The first-order valence-corrected chi connectivity index (χ1v) is 5.54. The largest absolute Gasteiger partial charge is 0.377 e. The second-order valence-corrected chi connectivity index (χ2v) is 3.72. The van der Waals surface area contributed by atoms with Crippen LogP contribution in [0.2, 0.25) is 0 Å². The molecule has 2 aromatic heterocycles. The number of methoxy groups -OCH3 is 1. The highest BCUT2D eigenvalue weighted by molar-refractivity contribution is 5.90. The Morgan fingerprint density at radius 2 is 2.32 bits per heavy atom. The molecule has 0 atom stereocenters. The summed E-state index contributed by atoms with van der Waals surface area (Å²) in [5.41, 5.74) is 5.34. The molecule has 100 valence electrons. The number of hydrogen-bond acceptors (Lipinski definition) is 6. The fourth-order valence-corrected chi connectivity index (χ4v) is 1.51. The summed E-state index contributed by atoms with van der Waals surface area (Å²) in [6.07, 6.45) is 1.61. The van der Waals surface area contributed by atoms with Gasteiger partial charge in [0, 0.05) is 26.4 Å². The molecule has 0 bridgehead atoms. The number of nitrogens with one attached hydrogen (secondary N) is 1. The molecule has 3 N–H and O–H groups in total. The monoisotopic (exact) mass is 262 g/mol. The Labute approximate surface area is 109 Å². The third-order valence-corrected chi connectivity index (χ3v) is 2.36. The molecule has 8 heteroatoms. The van der Waals surface area contributed by atoms with Crippen molar-refractivity contribution in [3.05, 3.63) is 29.8 Å². The first-order valence-electron chi connectivity index (χ1n) is 5.54. The van der Waals surface area contributed by atoms with Crippen LogP contribution in [0.25, 0.3) is 5.82 Å². The van der Waals surface area contributed by atoms with Crippen LogP contribution >= 0.6 is 0 Å². The normalized spacial score (nSPS) is 10.4. The molecule has 0 unspecified atom stereocenters. The minimum Gasteiger partial charge on any atom is -0.377 e. The summed E-state index contributed by atoms with van der Waals surface area (Å²) in [7, 11) is 3.31. The minimum absolute atomic E-state index is 0.179. The van der Waals surface area contributed by atoms with Gasteiger partial charge >= 0.3 is 0 Å². The Morgan fingerprint density at radius 3 is 2.89 bits per heavy atom. The van der Waals surface area contributed by atoms with Crippen molar-refractivity contribution in [2.75, 3.05) is 19.5 Å². The summed E-state index contributed by atoms with van der Waals surface area (Å²) in [5.74, 6) is 1.09. The van der Waals surface area contributed by atoms with Gasteiger partial charge in [-0.05, 0) is 6.07 Å². The number of ether oxygens (including phenoxy) is 1. The molecule has 0 aliphatic heterocycles. The van der Waals surface area contributed by atoms with Crippen molar-refractivity contribution in [3.8, 4) is 5.82 Å². The van der Waals surface area contributed by atoms with Crippen LogP contribution in [-0.4, -0.2) is 39.8 Å². The molecule has 0 spiro atoms.